The van der Waals surface area contributed by atoms with Crippen molar-refractivity contribution in [3.05, 3.63) is 53.8 Å². The first kappa shape index (κ1) is 17.4. The van der Waals surface area contributed by atoms with Crippen molar-refractivity contribution >= 4 is 19.2 Å². The summed E-state index contributed by atoms with van der Waals surface area (Å²) in [6.07, 6.45) is 2.29. The lowest BCUT2D eigenvalue weighted by molar-refractivity contribution is -0.0521. The first-order chi connectivity index (χ1) is 11.5. The molecule has 1 aliphatic heterocycles. The number of halogens is 4. The van der Waals surface area contributed by atoms with E-state index >= 15 is 0 Å². The second-order valence-corrected chi connectivity index (χ2v) is 10.3. The van der Waals surface area contributed by atoms with Crippen LogP contribution in [0.3, 0.4) is 0 Å². The molecule has 0 aromatic heterocycles. The Morgan fingerprint density at radius 2 is 1.62 bits per heavy atom. The van der Waals surface area contributed by atoms with Crippen LogP contribution >= 0.6 is 11.1 Å². The highest BCUT2D eigenvalue weighted by molar-refractivity contribution is 7.07. The molecular weight excluding hydrogens is 353 g/mol. The first-order valence-electron chi connectivity index (χ1n) is 8.01. The van der Waals surface area contributed by atoms with Gasteiger partial charge in [-0.25, -0.2) is 4.39 Å². The van der Waals surface area contributed by atoms with Crippen molar-refractivity contribution in [1.29, 1.82) is 0 Å². The van der Waals surface area contributed by atoms with Crippen LogP contribution in [0.1, 0.15) is 24.3 Å². The highest BCUT2D eigenvalue weighted by atomic mass is 35.6. The number of hydrogen-bond donors (Lipinski definition) is 0. The topological polar surface area (TPSA) is 9.23 Å². The molecule has 3 rings (SSSR count). The molecule has 24 heavy (non-hydrogen) atoms. The summed E-state index contributed by atoms with van der Waals surface area (Å²) in [4.78, 5) is 0. The first-order valence-corrected chi connectivity index (χ1v) is 11.4. The molecule has 0 saturated carbocycles. The van der Waals surface area contributed by atoms with Crippen LogP contribution in [0.5, 0.6) is 5.75 Å². The Bertz CT molecular complexity index is 685. The summed E-state index contributed by atoms with van der Waals surface area (Å²) in [5, 5.41) is 0. The molecule has 1 aliphatic rings. The Hall–Kier alpha value is -1.46. The van der Waals surface area contributed by atoms with Crippen LogP contribution in [0.15, 0.2) is 42.5 Å². The molecule has 0 aliphatic carbocycles. The predicted octanol–water partition coefficient (Wildman–Crippen LogP) is 5.93. The van der Waals surface area contributed by atoms with Gasteiger partial charge in [-0.1, -0.05) is 30.3 Å². The summed E-state index contributed by atoms with van der Waals surface area (Å²) < 4.78 is 42.3. The lowest BCUT2D eigenvalue weighted by Gasteiger charge is -2.24. The second kappa shape index (κ2) is 7.62. The lowest BCUT2D eigenvalue weighted by atomic mass is 9.92. The van der Waals surface area contributed by atoms with E-state index in [0.717, 1.165) is 18.4 Å². The normalized spacial score (nSPS) is 21.0. The monoisotopic (exact) mass is 370 g/mol. The van der Waals surface area contributed by atoms with E-state index in [1.807, 2.05) is 12.1 Å². The average Bonchev–Trinajstić information content (AvgIpc) is 2.57. The Balaban J connectivity index is 1.74. The summed E-state index contributed by atoms with van der Waals surface area (Å²) in [5.74, 6) is -0.672. The maximum absolute atomic E-state index is 13.8. The molecule has 2 aromatic rings. The molecule has 128 valence electrons. The third-order valence-corrected chi connectivity index (χ3v) is 7.75. The quantitative estimate of drug-likeness (QED) is 0.478. The number of ether oxygens (including phenoxy) is 1. The van der Waals surface area contributed by atoms with Gasteiger partial charge < -0.3 is 4.74 Å². The van der Waals surface area contributed by atoms with Crippen molar-refractivity contribution < 1.29 is 17.9 Å². The van der Waals surface area contributed by atoms with Crippen LogP contribution in [0.2, 0.25) is 12.1 Å². The molecule has 0 unspecified atom stereocenters. The van der Waals surface area contributed by atoms with Crippen LogP contribution in [-0.4, -0.2) is 14.7 Å². The smallest absolute Gasteiger partial charge is 0.387 e. The largest absolute Gasteiger partial charge is 0.432 e. The summed E-state index contributed by atoms with van der Waals surface area (Å²) in [5.41, 5.74) is 2.77. The summed E-state index contributed by atoms with van der Waals surface area (Å²) >= 11 is 6.28. The van der Waals surface area contributed by atoms with Crippen molar-refractivity contribution in [2.75, 3.05) is 0 Å². The van der Waals surface area contributed by atoms with Gasteiger partial charge in [-0.05, 0) is 59.7 Å². The fourth-order valence-corrected chi connectivity index (χ4v) is 5.78. The summed E-state index contributed by atoms with van der Waals surface area (Å²) in [7, 11) is -0.971. The minimum absolute atomic E-state index is 0.438. The number of rotatable bonds is 4. The number of alkyl halides is 2. The number of benzene rings is 2. The molecule has 0 atom stereocenters. The molecular formula is C18H18ClF3OSi. The molecule has 0 amide bonds. The molecule has 1 fully saturated rings. The Morgan fingerprint density at radius 3 is 2.21 bits per heavy atom. The van der Waals surface area contributed by atoms with Gasteiger partial charge in [0.05, 0.1) is 0 Å². The summed E-state index contributed by atoms with van der Waals surface area (Å²) in [6.45, 7) is -3.03. The van der Waals surface area contributed by atoms with Crippen LogP contribution < -0.4 is 4.74 Å². The number of hydrogen-bond acceptors (Lipinski definition) is 1. The van der Waals surface area contributed by atoms with Gasteiger partial charge in [0.2, 0.25) is 0 Å². The fraction of sp³-hybridized carbons (Fsp3) is 0.333. The molecule has 1 nitrogen and oxygen atoms in total. The molecule has 1 saturated heterocycles. The van der Waals surface area contributed by atoms with E-state index in [2.05, 4.69) is 16.9 Å². The lowest BCUT2D eigenvalue weighted by Crippen LogP contribution is -2.14. The zero-order valence-corrected chi connectivity index (χ0v) is 14.9. The van der Waals surface area contributed by atoms with E-state index in [0.29, 0.717) is 11.5 Å². The van der Waals surface area contributed by atoms with Crippen LogP contribution in [0.25, 0.3) is 11.1 Å². The van der Waals surface area contributed by atoms with Crippen molar-refractivity contribution in [3.63, 3.8) is 0 Å². The van der Waals surface area contributed by atoms with Gasteiger partial charge in [-0.3, -0.25) is 0 Å². The molecule has 0 N–H and O–H groups in total. The van der Waals surface area contributed by atoms with Crippen LogP contribution in [0, 0.1) is 5.82 Å². The molecule has 0 spiro atoms. The molecule has 0 bridgehead atoms. The van der Waals surface area contributed by atoms with Gasteiger partial charge in [-0.2, -0.15) is 19.9 Å². The maximum Gasteiger partial charge on any atom is 0.387 e. The average molecular weight is 371 g/mol. The molecule has 0 radical (unpaired) electrons. The Morgan fingerprint density at radius 1 is 1.00 bits per heavy atom. The second-order valence-electron chi connectivity index (χ2n) is 6.09. The van der Waals surface area contributed by atoms with Crippen LogP contribution in [-0.2, 0) is 0 Å². The van der Waals surface area contributed by atoms with Gasteiger partial charge in [0, 0.05) is 0 Å². The van der Waals surface area contributed by atoms with E-state index < -0.39 is 26.3 Å². The van der Waals surface area contributed by atoms with Gasteiger partial charge in [0.25, 0.3) is 0 Å². The van der Waals surface area contributed by atoms with Gasteiger partial charge in [0.1, 0.15) is 8.11 Å². The molecule has 2 aromatic carbocycles. The van der Waals surface area contributed by atoms with E-state index in [1.54, 1.807) is 6.07 Å². The standard InChI is InChI=1S/C18H18ClF3OSi/c19-24-9-7-14(8-10-24)12-1-3-13(4-2-12)15-5-6-17(16(20)11-15)23-18(21)22/h1-6,11,14,18,24H,7-10H2. The highest BCUT2D eigenvalue weighted by Gasteiger charge is 2.22. The SMILES string of the molecule is Fc1cc(-c2ccc(C3CC[SiH](Cl)CC3)cc2)ccc1OC(F)F. The van der Waals surface area contributed by atoms with Gasteiger partial charge in [-0.15, -0.1) is 0 Å². The highest BCUT2D eigenvalue weighted by Crippen LogP contribution is 2.35. The van der Waals surface area contributed by atoms with Gasteiger partial charge in [0.15, 0.2) is 11.6 Å². The third-order valence-electron chi connectivity index (χ3n) is 4.52. The minimum atomic E-state index is -3.03. The van der Waals surface area contributed by atoms with E-state index in [9.17, 15) is 13.2 Å². The molecule has 6 heteroatoms. The molecule has 1 heterocycles. The fourth-order valence-electron chi connectivity index (χ4n) is 3.21. The van der Waals surface area contributed by atoms with Crippen molar-refractivity contribution in [3.8, 4) is 16.9 Å². The van der Waals surface area contributed by atoms with Crippen molar-refractivity contribution in [2.24, 2.45) is 0 Å². The Labute approximate surface area is 145 Å². The van der Waals surface area contributed by atoms with E-state index in [1.165, 1.54) is 29.8 Å². The Kier molecular flexibility index (Phi) is 5.51. The van der Waals surface area contributed by atoms with Crippen molar-refractivity contribution in [2.45, 2.75) is 37.5 Å². The van der Waals surface area contributed by atoms with E-state index in [4.69, 9.17) is 11.1 Å². The zero-order chi connectivity index (χ0) is 17.1. The summed E-state index contributed by atoms with van der Waals surface area (Å²) in [6, 6.07) is 14.4. The zero-order valence-electron chi connectivity index (χ0n) is 13.0. The third kappa shape index (κ3) is 4.14. The van der Waals surface area contributed by atoms with Crippen LogP contribution in [0.4, 0.5) is 13.2 Å². The minimum Gasteiger partial charge on any atom is -0.432 e. The van der Waals surface area contributed by atoms with Gasteiger partial charge >= 0.3 is 6.61 Å². The predicted molar refractivity (Wildman–Crippen MR) is 93.1 cm³/mol. The maximum atomic E-state index is 13.8. The van der Waals surface area contributed by atoms with E-state index in [-0.39, 0.29) is 0 Å². The van der Waals surface area contributed by atoms with Crippen molar-refractivity contribution in [1.82, 2.24) is 0 Å².